The molecule has 0 saturated carbocycles. The smallest absolute Gasteiger partial charge is 0.260 e. The van der Waals surface area contributed by atoms with Gasteiger partial charge >= 0.3 is 0 Å². The number of rotatable bonds is 3. The van der Waals surface area contributed by atoms with Gasteiger partial charge in [0.2, 0.25) is 0 Å². The van der Waals surface area contributed by atoms with Gasteiger partial charge in [0, 0.05) is 24.8 Å². The van der Waals surface area contributed by atoms with Crippen molar-refractivity contribution < 1.29 is 8.42 Å². The van der Waals surface area contributed by atoms with Crippen LogP contribution in [0.15, 0.2) is 29.4 Å². The molecule has 2 rings (SSSR count). The molecule has 0 aromatic carbocycles. The third-order valence-corrected chi connectivity index (χ3v) is 5.16. The van der Waals surface area contributed by atoms with Gasteiger partial charge in [-0.1, -0.05) is 12.5 Å². The first-order valence-electron chi connectivity index (χ1n) is 6.22. The summed E-state index contributed by atoms with van der Waals surface area (Å²) < 4.78 is 26.5. The monoisotopic (exact) mass is 269 g/mol. The predicted molar refractivity (Wildman–Crippen MR) is 69.4 cm³/mol. The standard InChI is InChI=1S/C12H19N3O2S/c1-10(13)11-6-3-5-9-15(11)18(16,17)12-7-2-4-8-14-12/h2,4,7-8,10-11H,3,5-6,9,13H2,1H3/t10-,11+/m1/s1. The van der Waals surface area contributed by atoms with Gasteiger partial charge in [0.25, 0.3) is 10.0 Å². The van der Waals surface area contributed by atoms with Crippen molar-refractivity contribution in [3.8, 4) is 0 Å². The fraction of sp³-hybridized carbons (Fsp3) is 0.583. The molecular weight excluding hydrogens is 250 g/mol. The minimum absolute atomic E-state index is 0.109. The summed E-state index contributed by atoms with van der Waals surface area (Å²) >= 11 is 0. The maximum absolute atomic E-state index is 12.5. The van der Waals surface area contributed by atoms with Crippen LogP contribution in [-0.4, -0.2) is 36.3 Å². The first kappa shape index (κ1) is 13.5. The van der Waals surface area contributed by atoms with E-state index < -0.39 is 10.0 Å². The van der Waals surface area contributed by atoms with Crippen molar-refractivity contribution in [3.63, 3.8) is 0 Å². The van der Waals surface area contributed by atoms with E-state index in [9.17, 15) is 8.42 Å². The maximum Gasteiger partial charge on any atom is 0.260 e. The van der Waals surface area contributed by atoms with Crippen molar-refractivity contribution in [2.45, 2.75) is 43.3 Å². The molecule has 0 bridgehead atoms. The zero-order valence-corrected chi connectivity index (χ0v) is 11.3. The average Bonchev–Trinajstić information content (AvgIpc) is 2.39. The summed E-state index contributed by atoms with van der Waals surface area (Å²) in [6.07, 6.45) is 4.23. The molecule has 0 aliphatic carbocycles. The SMILES string of the molecule is C[C@@H](N)[C@@H]1CCCCN1S(=O)(=O)c1ccccn1. The molecule has 18 heavy (non-hydrogen) atoms. The fourth-order valence-corrected chi connectivity index (χ4v) is 4.08. The summed E-state index contributed by atoms with van der Waals surface area (Å²) in [6.45, 7) is 2.39. The van der Waals surface area contributed by atoms with Crippen LogP contribution < -0.4 is 5.73 Å². The molecule has 1 aromatic heterocycles. The number of hydrogen-bond donors (Lipinski definition) is 1. The number of piperidine rings is 1. The molecule has 1 fully saturated rings. The second-order valence-electron chi connectivity index (χ2n) is 4.71. The molecule has 5 nitrogen and oxygen atoms in total. The summed E-state index contributed by atoms with van der Waals surface area (Å²) in [6, 6.07) is 4.64. The molecule has 0 amide bonds. The molecule has 100 valence electrons. The van der Waals surface area contributed by atoms with E-state index in [1.165, 1.54) is 16.6 Å². The summed E-state index contributed by atoms with van der Waals surface area (Å²) in [5.74, 6) is 0. The van der Waals surface area contributed by atoms with Crippen LogP contribution in [0.3, 0.4) is 0 Å². The molecule has 0 radical (unpaired) electrons. The molecule has 6 heteroatoms. The number of aromatic nitrogens is 1. The minimum Gasteiger partial charge on any atom is -0.326 e. The normalized spacial score (nSPS) is 23.8. The van der Waals surface area contributed by atoms with Gasteiger partial charge in [-0.2, -0.15) is 4.31 Å². The predicted octanol–water partition coefficient (Wildman–Crippen LogP) is 0.972. The Labute approximate surface area is 108 Å². The van der Waals surface area contributed by atoms with Crippen LogP contribution in [0.4, 0.5) is 0 Å². The summed E-state index contributed by atoms with van der Waals surface area (Å²) in [4.78, 5) is 3.95. The number of nitrogens with two attached hydrogens (primary N) is 1. The van der Waals surface area contributed by atoms with E-state index in [1.54, 1.807) is 12.1 Å². The highest BCUT2D eigenvalue weighted by Crippen LogP contribution is 2.25. The molecule has 0 spiro atoms. The lowest BCUT2D eigenvalue weighted by molar-refractivity contribution is 0.227. The van der Waals surface area contributed by atoms with Crippen LogP contribution in [-0.2, 0) is 10.0 Å². The van der Waals surface area contributed by atoms with Crippen LogP contribution >= 0.6 is 0 Å². The van der Waals surface area contributed by atoms with E-state index in [-0.39, 0.29) is 17.1 Å². The Balaban J connectivity index is 2.34. The van der Waals surface area contributed by atoms with Crippen LogP contribution in [0.5, 0.6) is 0 Å². The molecule has 1 aromatic rings. The van der Waals surface area contributed by atoms with Gasteiger partial charge in [0.05, 0.1) is 0 Å². The minimum atomic E-state index is -3.51. The van der Waals surface area contributed by atoms with Crippen LogP contribution in [0.1, 0.15) is 26.2 Å². The van der Waals surface area contributed by atoms with Crippen molar-refractivity contribution in [2.75, 3.05) is 6.54 Å². The van der Waals surface area contributed by atoms with Gasteiger partial charge in [0.15, 0.2) is 5.03 Å². The fourth-order valence-electron chi connectivity index (χ4n) is 2.37. The second kappa shape index (κ2) is 5.34. The summed E-state index contributed by atoms with van der Waals surface area (Å²) in [5, 5.41) is 0.109. The Morgan fingerprint density at radius 2 is 2.22 bits per heavy atom. The largest absolute Gasteiger partial charge is 0.326 e. The van der Waals surface area contributed by atoms with Crippen molar-refractivity contribution in [1.29, 1.82) is 0 Å². The Hall–Kier alpha value is -0.980. The average molecular weight is 269 g/mol. The van der Waals surface area contributed by atoms with Crippen LogP contribution in [0.2, 0.25) is 0 Å². The van der Waals surface area contributed by atoms with E-state index in [0.717, 1.165) is 19.3 Å². The lowest BCUT2D eigenvalue weighted by Gasteiger charge is -2.36. The molecule has 1 saturated heterocycles. The number of sulfonamides is 1. The van der Waals surface area contributed by atoms with E-state index in [2.05, 4.69) is 4.98 Å². The van der Waals surface area contributed by atoms with Gasteiger partial charge in [-0.05, 0) is 31.9 Å². The maximum atomic E-state index is 12.5. The Morgan fingerprint density at radius 3 is 2.83 bits per heavy atom. The van der Waals surface area contributed by atoms with E-state index in [4.69, 9.17) is 5.73 Å². The third kappa shape index (κ3) is 2.55. The summed E-state index contributed by atoms with van der Waals surface area (Å²) in [7, 11) is -3.51. The van der Waals surface area contributed by atoms with Crippen LogP contribution in [0, 0.1) is 0 Å². The second-order valence-corrected chi connectivity index (χ2v) is 6.54. The van der Waals surface area contributed by atoms with E-state index in [1.807, 2.05) is 6.92 Å². The highest BCUT2D eigenvalue weighted by atomic mass is 32.2. The molecule has 2 atom stereocenters. The van der Waals surface area contributed by atoms with Gasteiger partial charge in [0.1, 0.15) is 0 Å². The van der Waals surface area contributed by atoms with Gasteiger partial charge in [-0.25, -0.2) is 13.4 Å². The Kier molecular flexibility index (Phi) is 3.99. The Bertz CT molecular complexity index is 487. The number of hydrogen-bond acceptors (Lipinski definition) is 4. The molecule has 2 N–H and O–H groups in total. The van der Waals surface area contributed by atoms with E-state index in [0.29, 0.717) is 6.54 Å². The van der Waals surface area contributed by atoms with Crippen molar-refractivity contribution in [2.24, 2.45) is 5.73 Å². The number of nitrogens with zero attached hydrogens (tertiary/aromatic N) is 2. The highest BCUT2D eigenvalue weighted by molar-refractivity contribution is 7.89. The first-order chi connectivity index (χ1) is 8.53. The molecule has 0 unspecified atom stereocenters. The molecule has 1 aliphatic rings. The van der Waals surface area contributed by atoms with Crippen molar-refractivity contribution in [1.82, 2.24) is 9.29 Å². The zero-order chi connectivity index (χ0) is 13.2. The Morgan fingerprint density at radius 1 is 1.44 bits per heavy atom. The van der Waals surface area contributed by atoms with E-state index >= 15 is 0 Å². The third-order valence-electron chi connectivity index (χ3n) is 3.32. The topological polar surface area (TPSA) is 76.3 Å². The van der Waals surface area contributed by atoms with Gasteiger partial charge in [-0.15, -0.1) is 0 Å². The first-order valence-corrected chi connectivity index (χ1v) is 7.66. The molecular formula is C12H19N3O2S. The van der Waals surface area contributed by atoms with Gasteiger partial charge in [-0.3, -0.25) is 0 Å². The lowest BCUT2D eigenvalue weighted by Crippen LogP contribution is -2.51. The van der Waals surface area contributed by atoms with Crippen LogP contribution in [0.25, 0.3) is 0 Å². The summed E-state index contributed by atoms with van der Waals surface area (Å²) in [5.41, 5.74) is 5.91. The highest BCUT2D eigenvalue weighted by Gasteiger charge is 2.35. The lowest BCUT2D eigenvalue weighted by atomic mass is 10.00. The molecule has 2 heterocycles. The van der Waals surface area contributed by atoms with Crippen molar-refractivity contribution in [3.05, 3.63) is 24.4 Å². The number of pyridine rings is 1. The zero-order valence-electron chi connectivity index (χ0n) is 10.5. The van der Waals surface area contributed by atoms with Crippen molar-refractivity contribution >= 4 is 10.0 Å². The van der Waals surface area contributed by atoms with Gasteiger partial charge < -0.3 is 5.73 Å². The molecule has 1 aliphatic heterocycles. The quantitative estimate of drug-likeness (QED) is 0.887.